The highest BCUT2D eigenvalue weighted by Gasteiger charge is 2.15. The third-order valence-electron chi connectivity index (χ3n) is 5.84. The molecule has 0 radical (unpaired) electrons. The predicted molar refractivity (Wildman–Crippen MR) is 134 cm³/mol. The summed E-state index contributed by atoms with van der Waals surface area (Å²) in [6, 6.07) is 28.7. The summed E-state index contributed by atoms with van der Waals surface area (Å²) < 4.78 is 10.7. The second-order valence-corrected chi connectivity index (χ2v) is 7.93. The van der Waals surface area contributed by atoms with Gasteiger partial charge in [0, 0.05) is 22.7 Å². The number of hydrogen-bond acceptors (Lipinski definition) is 4. The van der Waals surface area contributed by atoms with E-state index in [0.29, 0.717) is 0 Å². The molecule has 0 saturated carbocycles. The first-order valence-corrected chi connectivity index (χ1v) is 10.8. The van der Waals surface area contributed by atoms with E-state index in [0.717, 1.165) is 56.0 Å². The fourth-order valence-electron chi connectivity index (χ4n) is 3.99. The van der Waals surface area contributed by atoms with Crippen LogP contribution < -0.4 is 9.47 Å². The van der Waals surface area contributed by atoms with Crippen molar-refractivity contribution >= 4 is 10.9 Å². The van der Waals surface area contributed by atoms with Crippen LogP contribution in [0, 0.1) is 6.92 Å². The maximum absolute atomic E-state index is 5.33. The van der Waals surface area contributed by atoms with Crippen LogP contribution in [0.25, 0.3) is 44.5 Å². The van der Waals surface area contributed by atoms with E-state index in [9.17, 15) is 0 Å². The lowest BCUT2D eigenvalue weighted by Crippen LogP contribution is -1.95. The van der Waals surface area contributed by atoms with Gasteiger partial charge in [0.2, 0.25) is 0 Å². The summed E-state index contributed by atoms with van der Waals surface area (Å²) in [6.07, 6.45) is 1.86. The van der Waals surface area contributed by atoms with Gasteiger partial charge in [0.1, 0.15) is 11.5 Å². The summed E-state index contributed by atoms with van der Waals surface area (Å²) in [4.78, 5) is 9.81. The van der Waals surface area contributed by atoms with Gasteiger partial charge in [-0.15, -0.1) is 0 Å². The molecule has 2 heterocycles. The van der Waals surface area contributed by atoms with Crippen LogP contribution in [0.5, 0.6) is 11.5 Å². The topological polar surface area (TPSA) is 44.2 Å². The molecule has 0 fully saturated rings. The predicted octanol–water partition coefficient (Wildman–Crippen LogP) is 6.96. The van der Waals surface area contributed by atoms with Crippen molar-refractivity contribution in [2.45, 2.75) is 6.92 Å². The molecule has 0 aliphatic carbocycles. The van der Waals surface area contributed by atoms with Crippen LogP contribution >= 0.6 is 0 Å². The molecule has 2 aromatic heterocycles. The number of ether oxygens (including phenoxy) is 2. The van der Waals surface area contributed by atoms with Gasteiger partial charge in [-0.05, 0) is 78.7 Å². The smallest absolute Gasteiger partial charge is 0.118 e. The van der Waals surface area contributed by atoms with Gasteiger partial charge in [-0.2, -0.15) is 0 Å². The minimum atomic E-state index is 0.811. The van der Waals surface area contributed by atoms with E-state index >= 15 is 0 Å². The summed E-state index contributed by atoms with van der Waals surface area (Å²) in [5, 5.41) is 1.07. The van der Waals surface area contributed by atoms with Crippen LogP contribution in [0.4, 0.5) is 0 Å². The lowest BCUT2D eigenvalue weighted by molar-refractivity contribution is 0.415. The molecule has 3 aromatic carbocycles. The summed E-state index contributed by atoms with van der Waals surface area (Å²) in [7, 11) is 3.34. The van der Waals surface area contributed by atoms with Crippen LogP contribution in [0.2, 0.25) is 0 Å². The van der Waals surface area contributed by atoms with Crippen molar-refractivity contribution in [2.75, 3.05) is 14.2 Å². The van der Waals surface area contributed by atoms with E-state index in [-0.39, 0.29) is 0 Å². The van der Waals surface area contributed by atoms with Gasteiger partial charge < -0.3 is 9.47 Å². The van der Waals surface area contributed by atoms with Crippen LogP contribution in [0.3, 0.4) is 0 Å². The first kappa shape index (κ1) is 20.7. The van der Waals surface area contributed by atoms with Crippen molar-refractivity contribution < 1.29 is 9.47 Å². The Kier molecular flexibility index (Phi) is 5.49. The summed E-state index contributed by atoms with van der Waals surface area (Å²) in [6.45, 7) is 2.10. The lowest BCUT2D eigenvalue weighted by Gasteiger charge is -2.14. The van der Waals surface area contributed by atoms with Crippen LogP contribution in [0.1, 0.15) is 5.56 Å². The molecule has 4 nitrogen and oxygen atoms in total. The largest absolute Gasteiger partial charge is 0.497 e. The fourth-order valence-corrected chi connectivity index (χ4v) is 3.99. The molecule has 0 atom stereocenters. The van der Waals surface area contributed by atoms with Crippen molar-refractivity contribution in [3.63, 3.8) is 0 Å². The summed E-state index contributed by atoms with van der Waals surface area (Å²) >= 11 is 0. The Labute approximate surface area is 193 Å². The van der Waals surface area contributed by atoms with Crippen molar-refractivity contribution in [3.05, 3.63) is 96.7 Å². The van der Waals surface area contributed by atoms with Crippen molar-refractivity contribution in [1.29, 1.82) is 0 Å². The standard InChI is InChI=1S/C29H24N2O2/c1-19-4-6-20(7-5-19)26-18-27(21-8-12-23(32-2)13-9-21)31-29-25(26)16-17-30-28(29)22-10-14-24(33-3)15-11-22/h4-18H,1-3H3. The zero-order valence-electron chi connectivity index (χ0n) is 18.9. The third kappa shape index (κ3) is 4.03. The molecule has 0 aliphatic rings. The number of aryl methyl sites for hydroxylation is 1. The van der Waals surface area contributed by atoms with E-state index < -0.39 is 0 Å². The zero-order valence-corrected chi connectivity index (χ0v) is 18.9. The molecule has 5 rings (SSSR count). The van der Waals surface area contributed by atoms with Gasteiger partial charge in [-0.25, -0.2) is 4.98 Å². The highest BCUT2D eigenvalue weighted by atomic mass is 16.5. The minimum Gasteiger partial charge on any atom is -0.497 e. The van der Waals surface area contributed by atoms with Crippen molar-refractivity contribution in [3.8, 4) is 45.1 Å². The number of aromatic nitrogens is 2. The van der Waals surface area contributed by atoms with Gasteiger partial charge in [-0.1, -0.05) is 29.8 Å². The Morgan fingerprint density at radius 2 is 1.21 bits per heavy atom. The van der Waals surface area contributed by atoms with E-state index in [1.807, 2.05) is 60.8 Å². The van der Waals surface area contributed by atoms with Gasteiger partial charge in [0.05, 0.1) is 31.1 Å². The highest BCUT2D eigenvalue weighted by Crippen LogP contribution is 2.36. The number of nitrogens with zero attached hydrogens (tertiary/aromatic N) is 2. The second kappa shape index (κ2) is 8.75. The SMILES string of the molecule is COc1ccc(-c2cc(-c3ccc(C)cc3)c3ccnc(-c4ccc(OC)cc4)c3n2)cc1. The Bertz CT molecular complexity index is 1410. The van der Waals surface area contributed by atoms with E-state index in [2.05, 4.69) is 37.3 Å². The molecule has 162 valence electrons. The molecular weight excluding hydrogens is 408 g/mol. The maximum atomic E-state index is 5.33. The Hall–Kier alpha value is -4.18. The number of rotatable bonds is 5. The molecule has 0 saturated heterocycles. The quantitative estimate of drug-likeness (QED) is 0.301. The molecule has 0 amide bonds. The average molecular weight is 433 g/mol. The normalized spacial score (nSPS) is 10.9. The Balaban J connectivity index is 1.77. The Morgan fingerprint density at radius 3 is 1.82 bits per heavy atom. The molecule has 33 heavy (non-hydrogen) atoms. The molecule has 0 unspecified atom stereocenters. The first-order chi connectivity index (χ1) is 16.2. The van der Waals surface area contributed by atoms with Crippen LogP contribution in [0.15, 0.2) is 91.1 Å². The molecule has 0 spiro atoms. The second-order valence-electron chi connectivity index (χ2n) is 7.93. The summed E-state index contributed by atoms with van der Waals surface area (Å²) in [5.41, 5.74) is 8.13. The molecule has 4 heteroatoms. The first-order valence-electron chi connectivity index (χ1n) is 10.8. The number of methoxy groups -OCH3 is 2. The Morgan fingerprint density at radius 1 is 0.636 bits per heavy atom. The monoisotopic (exact) mass is 432 g/mol. The highest BCUT2D eigenvalue weighted by molar-refractivity contribution is 6.02. The average Bonchev–Trinajstić information content (AvgIpc) is 2.88. The van der Waals surface area contributed by atoms with Gasteiger partial charge >= 0.3 is 0 Å². The molecule has 0 bridgehead atoms. The van der Waals surface area contributed by atoms with Gasteiger partial charge in [0.25, 0.3) is 0 Å². The maximum Gasteiger partial charge on any atom is 0.118 e. The summed E-state index contributed by atoms with van der Waals surface area (Å²) in [5.74, 6) is 1.63. The lowest BCUT2D eigenvalue weighted by atomic mass is 9.96. The molecule has 0 aliphatic heterocycles. The van der Waals surface area contributed by atoms with E-state index in [1.54, 1.807) is 14.2 Å². The molecule has 5 aromatic rings. The van der Waals surface area contributed by atoms with E-state index in [4.69, 9.17) is 19.4 Å². The van der Waals surface area contributed by atoms with Gasteiger partial charge in [-0.3, -0.25) is 4.98 Å². The van der Waals surface area contributed by atoms with Crippen LogP contribution in [-0.4, -0.2) is 24.2 Å². The third-order valence-corrected chi connectivity index (χ3v) is 5.84. The number of fused-ring (bicyclic) bond motifs is 1. The van der Waals surface area contributed by atoms with Crippen molar-refractivity contribution in [2.24, 2.45) is 0 Å². The fraction of sp³-hybridized carbons (Fsp3) is 0.103. The number of pyridine rings is 2. The van der Waals surface area contributed by atoms with Gasteiger partial charge in [0.15, 0.2) is 0 Å². The number of benzene rings is 3. The zero-order chi connectivity index (χ0) is 22.8. The molecular formula is C29H24N2O2. The minimum absolute atomic E-state index is 0.811. The van der Waals surface area contributed by atoms with Crippen molar-refractivity contribution in [1.82, 2.24) is 9.97 Å². The molecule has 0 N–H and O–H groups in total. The van der Waals surface area contributed by atoms with E-state index in [1.165, 1.54) is 5.56 Å². The number of hydrogen-bond donors (Lipinski definition) is 0. The van der Waals surface area contributed by atoms with Crippen LogP contribution in [-0.2, 0) is 0 Å².